The molecule has 31 heavy (non-hydrogen) atoms. The lowest BCUT2D eigenvalue weighted by Crippen LogP contribution is -2.14. The molecule has 8 nitrogen and oxygen atoms in total. The second-order valence-electron chi connectivity index (χ2n) is 6.48. The third-order valence-corrected chi connectivity index (χ3v) is 5.81. The van der Waals surface area contributed by atoms with Crippen molar-refractivity contribution in [3.63, 3.8) is 0 Å². The number of benzene rings is 2. The zero-order valence-corrected chi connectivity index (χ0v) is 17.1. The summed E-state index contributed by atoms with van der Waals surface area (Å²) in [5, 5.41) is 3.95. The first-order valence-corrected chi connectivity index (χ1v) is 10.6. The van der Waals surface area contributed by atoms with Gasteiger partial charge in [-0.3, -0.25) is 9.71 Å². The molecular weight excluding hydrogens is 423 g/mol. The number of rotatable bonds is 7. The van der Waals surface area contributed by atoms with E-state index in [-0.39, 0.29) is 17.1 Å². The lowest BCUT2D eigenvalue weighted by Gasteiger charge is -2.12. The molecule has 0 bridgehead atoms. The molecule has 158 valence electrons. The normalized spacial score (nSPS) is 11.3. The van der Waals surface area contributed by atoms with Gasteiger partial charge in [0.15, 0.2) is 11.6 Å². The van der Waals surface area contributed by atoms with Crippen LogP contribution in [0.3, 0.4) is 0 Å². The number of pyridine rings is 1. The van der Waals surface area contributed by atoms with Gasteiger partial charge in [-0.15, -0.1) is 0 Å². The van der Waals surface area contributed by atoms with E-state index >= 15 is 0 Å². The quantitative estimate of drug-likeness (QED) is 0.467. The second-order valence-corrected chi connectivity index (χ2v) is 8.17. The van der Waals surface area contributed by atoms with Gasteiger partial charge < -0.3 is 9.26 Å². The molecule has 0 fully saturated rings. The predicted octanol–water partition coefficient (Wildman–Crippen LogP) is 3.67. The van der Waals surface area contributed by atoms with Crippen molar-refractivity contribution in [1.82, 2.24) is 15.1 Å². The highest BCUT2D eigenvalue weighted by molar-refractivity contribution is 7.92. The van der Waals surface area contributed by atoms with Gasteiger partial charge in [0.25, 0.3) is 10.0 Å². The topological polar surface area (TPSA) is 107 Å². The molecule has 0 amide bonds. The number of anilines is 1. The van der Waals surface area contributed by atoms with Gasteiger partial charge in [-0.05, 0) is 42.0 Å². The van der Waals surface area contributed by atoms with E-state index in [0.29, 0.717) is 23.0 Å². The molecule has 2 aromatic carbocycles. The van der Waals surface area contributed by atoms with Gasteiger partial charge in [0.2, 0.25) is 11.7 Å². The van der Waals surface area contributed by atoms with E-state index in [9.17, 15) is 12.8 Å². The third kappa shape index (κ3) is 4.53. The summed E-state index contributed by atoms with van der Waals surface area (Å²) in [6.07, 6.45) is 3.45. The minimum atomic E-state index is -4.03. The highest BCUT2D eigenvalue weighted by Gasteiger charge is 2.19. The minimum absolute atomic E-state index is 0.0410. The van der Waals surface area contributed by atoms with Crippen LogP contribution in [0.5, 0.6) is 5.75 Å². The molecule has 0 aliphatic rings. The van der Waals surface area contributed by atoms with Crippen molar-refractivity contribution >= 4 is 15.7 Å². The average molecular weight is 440 g/mol. The maximum atomic E-state index is 14.0. The fourth-order valence-corrected chi connectivity index (χ4v) is 4.01. The number of halogens is 1. The Morgan fingerprint density at radius 3 is 2.61 bits per heavy atom. The van der Waals surface area contributed by atoms with Crippen LogP contribution in [0.25, 0.3) is 11.4 Å². The lowest BCUT2D eigenvalue weighted by atomic mass is 10.1. The molecule has 4 aromatic rings. The molecule has 2 heterocycles. The predicted molar refractivity (Wildman–Crippen MR) is 111 cm³/mol. The monoisotopic (exact) mass is 440 g/mol. The second kappa shape index (κ2) is 8.52. The number of methoxy groups -OCH3 is 1. The summed E-state index contributed by atoms with van der Waals surface area (Å²) in [4.78, 5) is 8.08. The van der Waals surface area contributed by atoms with Crippen molar-refractivity contribution in [1.29, 1.82) is 0 Å². The maximum absolute atomic E-state index is 14.0. The molecule has 0 saturated heterocycles. The molecule has 0 radical (unpaired) electrons. The van der Waals surface area contributed by atoms with Gasteiger partial charge in [0.1, 0.15) is 0 Å². The third-order valence-electron chi connectivity index (χ3n) is 4.44. The van der Waals surface area contributed by atoms with Crippen LogP contribution in [0.2, 0.25) is 0 Å². The Bertz CT molecular complexity index is 1310. The van der Waals surface area contributed by atoms with Crippen molar-refractivity contribution in [2.45, 2.75) is 11.3 Å². The van der Waals surface area contributed by atoms with Gasteiger partial charge in [-0.25, -0.2) is 12.8 Å². The van der Waals surface area contributed by atoms with Crippen molar-refractivity contribution in [2.75, 3.05) is 11.8 Å². The zero-order valence-electron chi connectivity index (χ0n) is 16.3. The fraction of sp³-hybridized carbons (Fsp3) is 0.0952. The van der Waals surface area contributed by atoms with E-state index < -0.39 is 15.8 Å². The van der Waals surface area contributed by atoms with Crippen molar-refractivity contribution in [3.8, 4) is 17.1 Å². The highest BCUT2D eigenvalue weighted by atomic mass is 32.2. The number of ether oxygens (including phenoxy) is 1. The first kappa shape index (κ1) is 20.5. The van der Waals surface area contributed by atoms with Crippen LogP contribution in [0.4, 0.5) is 10.1 Å². The van der Waals surface area contributed by atoms with E-state index in [1.165, 1.54) is 19.2 Å². The SMILES string of the molecule is COc1ccc(S(=O)(=O)Nc2ccccc2Cc2nc(-c3ccncc3)no2)cc1F. The number of nitrogens with one attached hydrogen (secondary N) is 1. The number of sulfonamides is 1. The molecule has 2 aromatic heterocycles. The standard InChI is InChI=1S/C21H17FN4O4S/c1-29-19-7-6-16(13-17(19)22)31(27,28)26-18-5-3-2-4-15(18)12-20-24-21(25-30-20)14-8-10-23-11-9-14/h2-11,13,26H,12H2,1H3. The van der Waals surface area contributed by atoms with Crippen LogP contribution in [0.15, 0.2) is 76.4 Å². The van der Waals surface area contributed by atoms with Gasteiger partial charge in [-0.2, -0.15) is 4.98 Å². The Kier molecular flexibility index (Phi) is 5.63. The first-order valence-electron chi connectivity index (χ1n) is 9.13. The van der Waals surface area contributed by atoms with Gasteiger partial charge in [0.05, 0.1) is 24.1 Å². The zero-order chi connectivity index (χ0) is 21.8. The lowest BCUT2D eigenvalue weighted by molar-refractivity contribution is 0.385. The summed E-state index contributed by atoms with van der Waals surface area (Å²) in [5.74, 6) is -0.0907. The molecule has 4 rings (SSSR count). The Morgan fingerprint density at radius 2 is 1.87 bits per heavy atom. The van der Waals surface area contributed by atoms with Gasteiger partial charge in [-0.1, -0.05) is 23.4 Å². The van der Waals surface area contributed by atoms with E-state index in [4.69, 9.17) is 9.26 Å². The van der Waals surface area contributed by atoms with Crippen molar-refractivity contribution < 1.29 is 22.1 Å². The summed E-state index contributed by atoms with van der Waals surface area (Å²) in [5.41, 5.74) is 1.69. The fourth-order valence-electron chi connectivity index (χ4n) is 2.90. The van der Waals surface area contributed by atoms with Gasteiger partial charge >= 0.3 is 0 Å². The van der Waals surface area contributed by atoms with Crippen LogP contribution in [-0.4, -0.2) is 30.7 Å². The Balaban J connectivity index is 1.58. The summed E-state index contributed by atoms with van der Waals surface area (Å²) in [6.45, 7) is 0. The molecule has 1 N–H and O–H groups in total. The maximum Gasteiger partial charge on any atom is 0.262 e. The molecule has 0 unspecified atom stereocenters. The Labute approximate surface area is 177 Å². The van der Waals surface area contributed by atoms with Crippen molar-refractivity contribution in [3.05, 3.63) is 84.3 Å². The van der Waals surface area contributed by atoms with Crippen LogP contribution < -0.4 is 9.46 Å². The summed E-state index contributed by atoms with van der Waals surface area (Å²) < 4.78 is 52.2. The molecular formula is C21H17FN4O4S. The number of hydrogen-bond acceptors (Lipinski definition) is 7. The summed E-state index contributed by atoms with van der Waals surface area (Å²) in [6, 6.07) is 13.7. The highest BCUT2D eigenvalue weighted by Crippen LogP contribution is 2.25. The van der Waals surface area contributed by atoms with Crippen LogP contribution in [0, 0.1) is 5.82 Å². The number of nitrogens with zero attached hydrogens (tertiary/aromatic N) is 3. The molecule has 0 saturated carbocycles. The number of hydrogen-bond donors (Lipinski definition) is 1. The van der Waals surface area contributed by atoms with Gasteiger partial charge in [0, 0.05) is 18.0 Å². The molecule has 0 atom stereocenters. The summed E-state index contributed by atoms with van der Waals surface area (Å²) >= 11 is 0. The largest absolute Gasteiger partial charge is 0.494 e. The molecule has 0 spiro atoms. The van der Waals surface area contributed by atoms with Crippen LogP contribution >= 0.6 is 0 Å². The van der Waals surface area contributed by atoms with Crippen LogP contribution in [-0.2, 0) is 16.4 Å². The minimum Gasteiger partial charge on any atom is -0.494 e. The molecule has 0 aliphatic carbocycles. The first-order chi connectivity index (χ1) is 15.0. The van der Waals surface area contributed by atoms with E-state index in [1.54, 1.807) is 48.8 Å². The smallest absolute Gasteiger partial charge is 0.262 e. The average Bonchev–Trinajstić information content (AvgIpc) is 3.24. The van der Waals surface area contributed by atoms with Crippen molar-refractivity contribution in [2.24, 2.45) is 0 Å². The van der Waals surface area contributed by atoms with E-state index in [0.717, 1.165) is 11.6 Å². The molecule has 10 heteroatoms. The number of aromatic nitrogens is 3. The Hall–Kier alpha value is -3.79. The van der Waals surface area contributed by atoms with E-state index in [1.807, 2.05) is 0 Å². The van der Waals surface area contributed by atoms with Crippen LogP contribution in [0.1, 0.15) is 11.5 Å². The van der Waals surface area contributed by atoms with E-state index in [2.05, 4.69) is 19.8 Å². The number of para-hydroxylation sites is 1. The Morgan fingerprint density at radius 1 is 1.10 bits per heavy atom. The summed E-state index contributed by atoms with van der Waals surface area (Å²) in [7, 11) is -2.73. The molecule has 0 aliphatic heterocycles.